The fraction of sp³-hybridized carbons (Fsp3) is 0.857. The number of ketones is 1. The molecule has 68 valence electrons. The molecule has 0 fully saturated rings. The zero-order chi connectivity index (χ0) is 9.40. The molecule has 5 nitrogen and oxygen atoms in total. The lowest BCUT2D eigenvalue weighted by molar-refractivity contribution is -0.117. The van der Waals surface area contributed by atoms with Crippen LogP contribution in [0.25, 0.3) is 10.4 Å². The maximum absolute atomic E-state index is 10.6. The number of likely N-dealkylation sites (N-methyl/N-ethyl adjacent to an activating group) is 1. The van der Waals surface area contributed by atoms with E-state index in [2.05, 4.69) is 10.0 Å². The van der Waals surface area contributed by atoms with E-state index in [1.807, 2.05) is 11.9 Å². The number of carbonyl (C=O) groups excluding carboxylic acids is 1. The lowest BCUT2D eigenvalue weighted by Gasteiger charge is -2.13. The average molecular weight is 170 g/mol. The second kappa shape index (κ2) is 6.64. The molecule has 0 heterocycles. The molecule has 0 aliphatic carbocycles. The summed E-state index contributed by atoms with van der Waals surface area (Å²) in [5.74, 6) is 0.186. The first-order valence-electron chi connectivity index (χ1n) is 3.85. The molecule has 12 heavy (non-hydrogen) atoms. The van der Waals surface area contributed by atoms with Gasteiger partial charge in [0.1, 0.15) is 5.78 Å². The summed E-state index contributed by atoms with van der Waals surface area (Å²) in [6, 6.07) is 0. The smallest absolute Gasteiger partial charge is 0.131 e. The SMILES string of the molecule is CC(=O)CCN(C)CCN=[N+]=[N-]. The van der Waals surface area contributed by atoms with Crippen LogP contribution in [0.2, 0.25) is 0 Å². The van der Waals surface area contributed by atoms with Gasteiger partial charge >= 0.3 is 0 Å². The van der Waals surface area contributed by atoms with Gasteiger partial charge in [-0.15, -0.1) is 0 Å². The molecule has 0 aliphatic rings. The van der Waals surface area contributed by atoms with Crippen LogP contribution in [-0.2, 0) is 4.79 Å². The van der Waals surface area contributed by atoms with E-state index in [1.54, 1.807) is 6.92 Å². The third-order valence-electron chi connectivity index (χ3n) is 1.49. The highest BCUT2D eigenvalue weighted by molar-refractivity contribution is 5.75. The number of azide groups is 1. The minimum Gasteiger partial charge on any atom is -0.306 e. The van der Waals surface area contributed by atoms with Crippen molar-refractivity contribution in [2.45, 2.75) is 13.3 Å². The Balaban J connectivity index is 3.39. The molecule has 0 rings (SSSR count). The number of rotatable bonds is 6. The van der Waals surface area contributed by atoms with Gasteiger partial charge in [-0.25, -0.2) is 0 Å². The molecule has 0 aromatic carbocycles. The lowest BCUT2D eigenvalue weighted by Crippen LogP contribution is -2.23. The van der Waals surface area contributed by atoms with E-state index in [4.69, 9.17) is 5.53 Å². The van der Waals surface area contributed by atoms with E-state index in [-0.39, 0.29) is 5.78 Å². The first kappa shape index (κ1) is 10.9. The summed E-state index contributed by atoms with van der Waals surface area (Å²) in [7, 11) is 1.90. The van der Waals surface area contributed by atoms with Crippen LogP contribution >= 0.6 is 0 Å². The van der Waals surface area contributed by atoms with E-state index in [9.17, 15) is 4.79 Å². The number of carbonyl (C=O) groups is 1. The molecule has 0 atom stereocenters. The summed E-state index contributed by atoms with van der Waals surface area (Å²) in [6.45, 7) is 3.47. The van der Waals surface area contributed by atoms with E-state index < -0.39 is 0 Å². The van der Waals surface area contributed by atoms with Gasteiger partial charge in [-0.2, -0.15) is 0 Å². The predicted octanol–water partition coefficient (Wildman–Crippen LogP) is 1.21. The standard InChI is InChI=1S/C7H14N4O/c1-7(12)3-5-11(2)6-4-9-10-8/h3-6H2,1-2H3. The second-order valence-corrected chi connectivity index (χ2v) is 2.71. The summed E-state index contributed by atoms with van der Waals surface area (Å²) < 4.78 is 0. The minimum atomic E-state index is 0.186. The molecule has 0 amide bonds. The van der Waals surface area contributed by atoms with Crippen LogP contribution in [-0.4, -0.2) is 37.4 Å². The Morgan fingerprint density at radius 2 is 2.25 bits per heavy atom. The maximum atomic E-state index is 10.6. The molecule has 0 aliphatic heterocycles. The Kier molecular flexibility index (Phi) is 6.05. The van der Waals surface area contributed by atoms with Crippen LogP contribution in [0.1, 0.15) is 13.3 Å². The molecule has 5 heteroatoms. The van der Waals surface area contributed by atoms with Crippen molar-refractivity contribution in [2.75, 3.05) is 26.7 Å². The van der Waals surface area contributed by atoms with Crippen molar-refractivity contribution in [1.82, 2.24) is 4.90 Å². The predicted molar refractivity (Wildman–Crippen MR) is 46.8 cm³/mol. The zero-order valence-corrected chi connectivity index (χ0v) is 7.53. The summed E-state index contributed by atoms with van der Waals surface area (Å²) in [4.78, 5) is 15.2. The van der Waals surface area contributed by atoms with Crippen molar-refractivity contribution in [3.8, 4) is 0 Å². The molecule has 0 bridgehead atoms. The van der Waals surface area contributed by atoms with Crippen molar-refractivity contribution in [2.24, 2.45) is 5.11 Å². The Morgan fingerprint density at radius 3 is 2.75 bits per heavy atom. The monoisotopic (exact) mass is 170 g/mol. The van der Waals surface area contributed by atoms with E-state index in [0.29, 0.717) is 19.5 Å². The molecular formula is C7H14N4O. The Bertz CT molecular complexity index is 180. The third-order valence-corrected chi connectivity index (χ3v) is 1.49. The van der Waals surface area contributed by atoms with E-state index in [0.717, 1.165) is 6.54 Å². The van der Waals surface area contributed by atoms with Gasteiger partial charge in [0.25, 0.3) is 0 Å². The lowest BCUT2D eigenvalue weighted by atomic mass is 10.3. The van der Waals surface area contributed by atoms with Crippen LogP contribution in [0, 0.1) is 0 Å². The molecular weight excluding hydrogens is 156 g/mol. The highest BCUT2D eigenvalue weighted by Gasteiger charge is 1.98. The van der Waals surface area contributed by atoms with E-state index in [1.165, 1.54) is 0 Å². The first-order chi connectivity index (χ1) is 5.66. The van der Waals surface area contributed by atoms with Gasteiger partial charge in [0.2, 0.25) is 0 Å². The number of hydrogen-bond donors (Lipinski definition) is 0. The van der Waals surface area contributed by atoms with Crippen molar-refractivity contribution < 1.29 is 4.79 Å². The molecule has 0 saturated carbocycles. The highest BCUT2D eigenvalue weighted by atomic mass is 16.1. The normalized spacial score (nSPS) is 9.58. The van der Waals surface area contributed by atoms with Crippen molar-refractivity contribution in [3.63, 3.8) is 0 Å². The number of Topliss-reactive ketones (excluding diaryl/α,β-unsaturated/α-hetero) is 1. The van der Waals surface area contributed by atoms with Crippen LogP contribution in [0.15, 0.2) is 5.11 Å². The Hall–Kier alpha value is -1.06. The van der Waals surface area contributed by atoms with Gasteiger partial charge < -0.3 is 4.90 Å². The van der Waals surface area contributed by atoms with Gasteiger partial charge in [0, 0.05) is 31.0 Å². The molecule has 0 aromatic heterocycles. The summed E-state index contributed by atoms with van der Waals surface area (Å²) in [6.07, 6.45) is 0.562. The summed E-state index contributed by atoms with van der Waals surface area (Å²) >= 11 is 0. The number of nitrogens with zero attached hydrogens (tertiary/aromatic N) is 4. The van der Waals surface area contributed by atoms with Gasteiger partial charge in [-0.1, -0.05) is 5.11 Å². The van der Waals surface area contributed by atoms with Crippen LogP contribution < -0.4 is 0 Å². The molecule has 0 spiro atoms. The molecule has 0 radical (unpaired) electrons. The zero-order valence-electron chi connectivity index (χ0n) is 7.53. The molecule has 0 unspecified atom stereocenters. The van der Waals surface area contributed by atoms with Gasteiger partial charge in [-0.3, -0.25) is 4.79 Å². The summed E-state index contributed by atoms with van der Waals surface area (Å²) in [5.41, 5.74) is 7.98. The molecule has 0 saturated heterocycles. The van der Waals surface area contributed by atoms with Crippen molar-refractivity contribution in [3.05, 3.63) is 10.4 Å². The topological polar surface area (TPSA) is 69.1 Å². The van der Waals surface area contributed by atoms with Gasteiger partial charge in [-0.05, 0) is 19.5 Å². The van der Waals surface area contributed by atoms with E-state index >= 15 is 0 Å². The van der Waals surface area contributed by atoms with Gasteiger partial charge in [0.05, 0.1) is 0 Å². The van der Waals surface area contributed by atoms with Crippen LogP contribution in [0.4, 0.5) is 0 Å². The maximum Gasteiger partial charge on any atom is 0.131 e. The fourth-order valence-corrected chi connectivity index (χ4v) is 0.720. The van der Waals surface area contributed by atoms with Crippen molar-refractivity contribution >= 4 is 5.78 Å². The second-order valence-electron chi connectivity index (χ2n) is 2.71. The minimum absolute atomic E-state index is 0.186. The quantitative estimate of drug-likeness (QED) is 0.341. The highest BCUT2D eigenvalue weighted by Crippen LogP contribution is 1.88. The van der Waals surface area contributed by atoms with Crippen LogP contribution in [0.5, 0.6) is 0 Å². The molecule has 0 N–H and O–H groups in total. The Morgan fingerprint density at radius 1 is 1.58 bits per heavy atom. The number of hydrogen-bond acceptors (Lipinski definition) is 3. The van der Waals surface area contributed by atoms with Crippen LogP contribution in [0.3, 0.4) is 0 Å². The third kappa shape index (κ3) is 7.05. The fourth-order valence-electron chi connectivity index (χ4n) is 0.720. The van der Waals surface area contributed by atoms with Crippen molar-refractivity contribution in [1.29, 1.82) is 0 Å². The molecule has 0 aromatic rings. The van der Waals surface area contributed by atoms with Gasteiger partial charge in [0.15, 0.2) is 0 Å². The first-order valence-corrected chi connectivity index (χ1v) is 3.85. The summed E-state index contributed by atoms with van der Waals surface area (Å²) in [5, 5.41) is 3.39. The largest absolute Gasteiger partial charge is 0.306 e. The average Bonchev–Trinajstić information content (AvgIpc) is 2.01. The Labute approximate surface area is 72.0 Å².